The summed E-state index contributed by atoms with van der Waals surface area (Å²) in [5.41, 5.74) is 1.77. The van der Waals surface area contributed by atoms with E-state index in [9.17, 15) is 28.4 Å². The van der Waals surface area contributed by atoms with Crippen molar-refractivity contribution in [1.82, 2.24) is 15.3 Å². The maximum Gasteiger partial charge on any atom is 0.252 e. The molecule has 3 amide bonds. The molecular weight excluding hydrogens is 518 g/mol. The van der Waals surface area contributed by atoms with Crippen molar-refractivity contribution in [1.29, 1.82) is 5.26 Å². The third kappa shape index (κ3) is 5.38. The summed E-state index contributed by atoms with van der Waals surface area (Å²) in [5, 5.41) is 12.0. The standard InChI is InChI=1S/C29H26F2N6O3/c1-18-11-22(17-33-16-18)36(26(20-5-3-2-4-6-20)27(39)35-21-13-29(30,31)14-21)28(40)23-7-8-25(38)37(23)24-12-19(15-32)9-10-34-24/h2-6,9-12,16-17,21,23,26H,7-8,13-14H2,1H3,(H,35,39)/t23-,26-/m0/s1. The second-order valence-electron chi connectivity index (χ2n) is 10.0. The summed E-state index contributed by atoms with van der Waals surface area (Å²) < 4.78 is 27.1. The van der Waals surface area contributed by atoms with Crippen LogP contribution in [0.25, 0.3) is 0 Å². The first kappa shape index (κ1) is 26.9. The fourth-order valence-electron chi connectivity index (χ4n) is 5.16. The lowest BCUT2D eigenvalue weighted by molar-refractivity contribution is -0.133. The first-order valence-electron chi connectivity index (χ1n) is 12.8. The monoisotopic (exact) mass is 544 g/mol. The molecule has 2 aliphatic rings. The fraction of sp³-hybridized carbons (Fsp3) is 0.310. The summed E-state index contributed by atoms with van der Waals surface area (Å²) in [4.78, 5) is 52.2. The van der Waals surface area contributed by atoms with Crippen LogP contribution in [-0.2, 0) is 14.4 Å². The number of amides is 3. The molecule has 1 aliphatic heterocycles. The Labute approximate surface area is 229 Å². The Morgan fingerprint density at radius 1 is 1.18 bits per heavy atom. The minimum Gasteiger partial charge on any atom is -0.351 e. The molecule has 1 saturated heterocycles. The lowest BCUT2D eigenvalue weighted by Gasteiger charge is -2.39. The van der Waals surface area contributed by atoms with E-state index < -0.39 is 48.7 Å². The van der Waals surface area contributed by atoms with Crippen LogP contribution in [0.1, 0.15) is 48.4 Å². The second kappa shape index (κ2) is 10.8. The van der Waals surface area contributed by atoms with Crippen LogP contribution in [0.15, 0.2) is 67.1 Å². The average Bonchev–Trinajstić information content (AvgIpc) is 3.32. The maximum absolute atomic E-state index is 14.4. The van der Waals surface area contributed by atoms with Crippen molar-refractivity contribution in [3.8, 4) is 6.07 Å². The van der Waals surface area contributed by atoms with Gasteiger partial charge >= 0.3 is 0 Å². The average molecular weight is 545 g/mol. The topological polar surface area (TPSA) is 119 Å². The molecule has 1 saturated carbocycles. The molecule has 2 fully saturated rings. The van der Waals surface area contributed by atoms with Crippen LogP contribution in [0.4, 0.5) is 20.3 Å². The van der Waals surface area contributed by atoms with Crippen molar-refractivity contribution in [2.24, 2.45) is 0 Å². The van der Waals surface area contributed by atoms with Crippen molar-refractivity contribution in [3.63, 3.8) is 0 Å². The molecule has 1 N–H and O–H groups in total. The van der Waals surface area contributed by atoms with E-state index in [2.05, 4.69) is 15.3 Å². The molecule has 2 atom stereocenters. The summed E-state index contributed by atoms with van der Waals surface area (Å²) in [7, 11) is 0. The quantitative estimate of drug-likeness (QED) is 0.483. The number of nitriles is 1. The number of anilines is 2. The van der Waals surface area contributed by atoms with E-state index in [-0.39, 0.29) is 30.1 Å². The first-order chi connectivity index (χ1) is 19.2. The van der Waals surface area contributed by atoms with Gasteiger partial charge in [-0.25, -0.2) is 13.8 Å². The number of carbonyl (C=O) groups excluding carboxylic acids is 3. The smallest absolute Gasteiger partial charge is 0.252 e. The summed E-state index contributed by atoms with van der Waals surface area (Å²) in [6, 6.07) is 12.2. The lowest BCUT2D eigenvalue weighted by atomic mass is 9.87. The molecule has 2 aromatic heterocycles. The van der Waals surface area contributed by atoms with Gasteiger partial charge in [0.15, 0.2) is 0 Å². The second-order valence-corrected chi connectivity index (χ2v) is 10.0. The molecular formula is C29H26F2N6O3. The van der Waals surface area contributed by atoms with Crippen LogP contribution in [0.2, 0.25) is 0 Å². The number of halogens is 2. The molecule has 0 radical (unpaired) electrons. The van der Waals surface area contributed by atoms with Gasteiger partial charge in [0.2, 0.25) is 11.8 Å². The molecule has 9 nitrogen and oxygen atoms in total. The predicted octanol–water partition coefficient (Wildman–Crippen LogP) is 3.84. The van der Waals surface area contributed by atoms with Gasteiger partial charge in [-0.15, -0.1) is 0 Å². The molecule has 0 bridgehead atoms. The van der Waals surface area contributed by atoms with Gasteiger partial charge in [0.25, 0.3) is 11.8 Å². The van der Waals surface area contributed by atoms with Gasteiger partial charge in [0, 0.05) is 37.7 Å². The number of pyridine rings is 2. The van der Waals surface area contributed by atoms with Gasteiger partial charge in [-0.3, -0.25) is 29.2 Å². The van der Waals surface area contributed by atoms with E-state index in [0.717, 1.165) is 5.56 Å². The molecule has 1 aliphatic carbocycles. The van der Waals surface area contributed by atoms with E-state index >= 15 is 0 Å². The number of alkyl halides is 2. The van der Waals surface area contributed by atoms with Crippen molar-refractivity contribution in [2.75, 3.05) is 9.80 Å². The Morgan fingerprint density at radius 2 is 1.93 bits per heavy atom. The van der Waals surface area contributed by atoms with E-state index in [1.165, 1.54) is 34.3 Å². The fourth-order valence-corrected chi connectivity index (χ4v) is 5.16. The molecule has 40 heavy (non-hydrogen) atoms. The van der Waals surface area contributed by atoms with Crippen LogP contribution in [0.5, 0.6) is 0 Å². The minimum absolute atomic E-state index is 0.0636. The zero-order valence-electron chi connectivity index (χ0n) is 21.6. The third-order valence-electron chi connectivity index (χ3n) is 7.05. The van der Waals surface area contributed by atoms with Crippen LogP contribution in [0, 0.1) is 18.3 Å². The van der Waals surface area contributed by atoms with Crippen LogP contribution in [0.3, 0.4) is 0 Å². The molecule has 0 spiro atoms. The van der Waals surface area contributed by atoms with Crippen molar-refractivity contribution >= 4 is 29.2 Å². The molecule has 1 aromatic carbocycles. The van der Waals surface area contributed by atoms with Gasteiger partial charge < -0.3 is 5.32 Å². The van der Waals surface area contributed by atoms with Crippen LogP contribution in [-0.4, -0.2) is 45.7 Å². The summed E-state index contributed by atoms with van der Waals surface area (Å²) in [6.45, 7) is 1.79. The van der Waals surface area contributed by atoms with Gasteiger partial charge in [-0.2, -0.15) is 5.26 Å². The molecule has 5 rings (SSSR count). The van der Waals surface area contributed by atoms with Gasteiger partial charge in [-0.1, -0.05) is 30.3 Å². The lowest BCUT2D eigenvalue weighted by Crippen LogP contribution is -2.56. The minimum atomic E-state index is -2.84. The number of benzene rings is 1. The molecule has 11 heteroatoms. The molecule has 3 heterocycles. The SMILES string of the molecule is Cc1cncc(N(C(=O)[C@@H]2CCC(=O)N2c2cc(C#N)ccn2)[C@H](C(=O)NC2CC(F)(F)C2)c2ccccc2)c1. The van der Waals surface area contributed by atoms with Gasteiger partial charge in [0.1, 0.15) is 17.9 Å². The van der Waals surface area contributed by atoms with Crippen molar-refractivity contribution in [3.05, 3.63) is 83.8 Å². The molecule has 204 valence electrons. The Hall–Kier alpha value is -4.72. The Bertz CT molecular complexity index is 1480. The summed E-state index contributed by atoms with van der Waals surface area (Å²) >= 11 is 0. The number of nitrogens with zero attached hydrogens (tertiary/aromatic N) is 5. The van der Waals surface area contributed by atoms with E-state index in [4.69, 9.17) is 0 Å². The van der Waals surface area contributed by atoms with Gasteiger partial charge in [-0.05, 0) is 42.7 Å². The van der Waals surface area contributed by atoms with Crippen molar-refractivity contribution in [2.45, 2.75) is 56.7 Å². The number of aryl methyl sites for hydroxylation is 1. The van der Waals surface area contributed by atoms with Crippen LogP contribution >= 0.6 is 0 Å². The zero-order chi connectivity index (χ0) is 28.4. The normalized spacial score (nSPS) is 18.9. The Kier molecular flexibility index (Phi) is 7.26. The summed E-state index contributed by atoms with van der Waals surface area (Å²) in [6.07, 6.45) is 3.69. The van der Waals surface area contributed by atoms with E-state index in [1.54, 1.807) is 49.5 Å². The molecule has 0 unspecified atom stereocenters. The molecule has 3 aromatic rings. The highest BCUT2D eigenvalue weighted by Crippen LogP contribution is 2.39. The van der Waals surface area contributed by atoms with E-state index in [1.807, 2.05) is 6.07 Å². The predicted molar refractivity (Wildman–Crippen MR) is 141 cm³/mol. The summed E-state index contributed by atoms with van der Waals surface area (Å²) in [5.74, 6) is -4.22. The number of hydrogen-bond donors (Lipinski definition) is 1. The first-order valence-corrected chi connectivity index (χ1v) is 12.8. The Morgan fingerprint density at radius 3 is 2.60 bits per heavy atom. The van der Waals surface area contributed by atoms with Gasteiger partial charge in [0.05, 0.1) is 23.5 Å². The number of carbonyl (C=O) groups is 3. The van der Waals surface area contributed by atoms with Crippen LogP contribution < -0.4 is 15.1 Å². The number of rotatable bonds is 7. The number of aromatic nitrogens is 2. The highest BCUT2D eigenvalue weighted by atomic mass is 19.3. The number of hydrogen-bond acceptors (Lipinski definition) is 6. The third-order valence-corrected chi connectivity index (χ3v) is 7.05. The number of nitrogens with one attached hydrogen (secondary N) is 1. The highest BCUT2D eigenvalue weighted by Gasteiger charge is 2.48. The zero-order valence-corrected chi connectivity index (χ0v) is 21.6. The van der Waals surface area contributed by atoms with E-state index in [0.29, 0.717) is 11.3 Å². The Balaban J connectivity index is 1.58. The maximum atomic E-state index is 14.4. The van der Waals surface area contributed by atoms with Crippen molar-refractivity contribution < 1.29 is 23.2 Å². The highest BCUT2D eigenvalue weighted by molar-refractivity contribution is 6.10. The largest absolute Gasteiger partial charge is 0.351 e.